The Morgan fingerprint density at radius 1 is 0.882 bits per heavy atom. The molecule has 3 aromatic heterocycles. The van der Waals surface area contributed by atoms with Gasteiger partial charge in [-0.3, -0.25) is 9.78 Å². The first-order valence-electron chi connectivity index (χ1n) is 11.3. The molecule has 0 fully saturated rings. The molecule has 0 bridgehead atoms. The average Bonchev–Trinajstić information content (AvgIpc) is 3.30. The van der Waals surface area contributed by atoms with Crippen molar-refractivity contribution in [3.8, 4) is 0 Å². The van der Waals surface area contributed by atoms with Crippen LogP contribution in [-0.4, -0.2) is 30.6 Å². The number of carbonyl (C=O) groups is 1. The lowest BCUT2D eigenvalue weighted by atomic mass is 10.1. The SMILES string of the molecule is CC(c1ccccn1)N(Cc1ccccc1)C(=O)c1cnc2c(cnn2Cc2ccccc2)c1. The van der Waals surface area contributed by atoms with Crippen LogP contribution in [0.1, 0.15) is 40.1 Å². The van der Waals surface area contributed by atoms with Gasteiger partial charge in [-0.2, -0.15) is 5.10 Å². The molecule has 0 saturated heterocycles. The van der Waals surface area contributed by atoms with Gasteiger partial charge < -0.3 is 4.90 Å². The van der Waals surface area contributed by atoms with E-state index in [0.29, 0.717) is 18.7 Å². The normalized spacial score (nSPS) is 11.9. The second kappa shape index (κ2) is 9.67. The van der Waals surface area contributed by atoms with Gasteiger partial charge in [-0.15, -0.1) is 0 Å². The quantitative estimate of drug-likeness (QED) is 0.341. The van der Waals surface area contributed by atoms with E-state index in [-0.39, 0.29) is 11.9 Å². The Morgan fingerprint density at radius 3 is 2.29 bits per heavy atom. The zero-order valence-electron chi connectivity index (χ0n) is 19.0. The second-order valence-corrected chi connectivity index (χ2v) is 8.27. The molecule has 6 heteroatoms. The molecule has 0 N–H and O–H groups in total. The molecule has 2 aromatic carbocycles. The van der Waals surface area contributed by atoms with Gasteiger partial charge >= 0.3 is 0 Å². The first-order chi connectivity index (χ1) is 16.7. The monoisotopic (exact) mass is 447 g/mol. The first kappa shape index (κ1) is 21.5. The van der Waals surface area contributed by atoms with E-state index < -0.39 is 0 Å². The van der Waals surface area contributed by atoms with Gasteiger partial charge in [0.2, 0.25) is 0 Å². The third-order valence-electron chi connectivity index (χ3n) is 5.94. The number of amides is 1. The van der Waals surface area contributed by atoms with Crippen LogP contribution in [-0.2, 0) is 13.1 Å². The highest BCUT2D eigenvalue weighted by molar-refractivity contribution is 5.97. The molecule has 0 aliphatic rings. The maximum atomic E-state index is 13.7. The average molecular weight is 448 g/mol. The zero-order chi connectivity index (χ0) is 23.3. The molecule has 1 unspecified atom stereocenters. The van der Waals surface area contributed by atoms with E-state index >= 15 is 0 Å². The predicted octanol–water partition coefficient (Wildman–Crippen LogP) is 5.28. The standard InChI is InChI=1S/C28H25N5O/c1-21(26-14-8-9-15-29-26)32(19-22-10-4-2-5-11-22)28(34)25-16-24-18-31-33(27(24)30-17-25)20-23-12-6-3-7-13-23/h2-18,21H,19-20H2,1H3. The highest BCUT2D eigenvalue weighted by Gasteiger charge is 2.25. The van der Waals surface area contributed by atoms with E-state index in [1.165, 1.54) is 0 Å². The molecular weight excluding hydrogens is 422 g/mol. The van der Waals surface area contributed by atoms with Crippen molar-refractivity contribution in [2.75, 3.05) is 0 Å². The Hall–Kier alpha value is -4.32. The molecule has 1 amide bonds. The van der Waals surface area contributed by atoms with E-state index in [4.69, 9.17) is 0 Å². The second-order valence-electron chi connectivity index (χ2n) is 8.27. The molecule has 0 aliphatic heterocycles. The third kappa shape index (κ3) is 4.57. The molecule has 168 valence electrons. The minimum atomic E-state index is -0.203. The number of nitrogens with zero attached hydrogens (tertiary/aromatic N) is 5. The fourth-order valence-corrected chi connectivity index (χ4v) is 4.07. The molecule has 5 rings (SSSR count). The van der Waals surface area contributed by atoms with Crippen molar-refractivity contribution in [1.29, 1.82) is 0 Å². The van der Waals surface area contributed by atoms with Crippen LogP contribution in [0.15, 0.2) is 104 Å². The number of hydrogen-bond donors (Lipinski definition) is 0. The van der Waals surface area contributed by atoms with Crippen molar-refractivity contribution in [2.24, 2.45) is 0 Å². The zero-order valence-corrected chi connectivity index (χ0v) is 19.0. The fourth-order valence-electron chi connectivity index (χ4n) is 4.07. The summed E-state index contributed by atoms with van der Waals surface area (Å²) in [5, 5.41) is 5.35. The maximum absolute atomic E-state index is 13.7. The molecule has 0 spiro atoms. The Bertz CT molecular complexity index is 1380. The highest BCUT2D eigenvalue weighted by Crippen LogP contribution is 2.24. The molecule has 0 aliphatic carbocycles. The summed E-state index contributed by atoms with van der Waals surface area (Å²) in [5.74, 6) is -0.0905. The van der Waals surface area contributed by atoms with Gasteiger partial charge in [-0.1, -0.05) is 66.7 Å². The largest absolute Gasteiger partial charge is 0.326 e. The number of hydrogen-bond acceptors (Lipinski definition) is 4. The van der Waals surface area contributed by atoms with Gasteiger partial charge in [0, 0.05) is 24.3 Å². The van der Waals surface area contributed by atoms with Gasteiger partial charge in [-0.05, 0) is 36.2 Å². The molecule has 6 nitrogen and oxygen atoms in total. The molecule has 3 heterocycles. The fraction of sp³-hybridized carbons (Fsp3) is 0.143. The lowest BCUT2D eigenvalue weighted by Gasteiger charge is -2.29. The Kier molecular flexibility index (Phi) is 6.12. The minimum Gasteiger partial charge on any atom is -0.326 e. The number of pyridine rings is 2. The van der Waals surface area contributed by atoms with Crippen molar-refractivity contribution in [1.82, 2.24) is 24.6 Å². The molecule has 0 saturated carbocycles. The van der Waals surface area contributed by atoms with Crippen LogP contribution in [0.4, 0.5) is 0 Å². The summed E-state index contributed by atoms with van der Waals surface area (Å²) >= 11 is 0. The number of carbonyl (C=O) groups excluding carboxylic acids is 1. The van der Waals surface area contributed by atoms with Crippen LogP contribution >= 0.6 is 0 Å². The summed E-state index contributed by atoms with van der Waals surface area (Å²) in [6.45, 7) is 3.11. The van der Waals surface area contributed by atoms with Gasteiger partial charge in [0.25, 0.3) is 5.91 Å². The summed E-state index contributed by atoms with van der Waals surface area (Å²) in [6.07, 6.45) is 5.18. The molecular formula is C28H25N5O. The summed E-state index contributed by atoms with van der Waals surface area (Å²) in [7, 11) is 0. The van der Waals surface area contributed by atoms with E-state index in [1.54, 1.807) is 18.6 Å². The first-order valence-corrected chi connectivity index (χ1v) is 11.3. The molecule has 0 radical (unpaired) electrons. The minimum absolute atomic E-state index is 0.0905. The van der Waals surface area contributed by atoms with Gasteiger partial charge in [0.1, 0.15) is 0 Å². The Balaban J connectivity index is 1.45. The lowest BCUT2D eigenvalue weighted by molar-refractivity contribution is 0.0670. The van der Waals surface area contributed by atoms with Crippen LogP contribution in [0.25, 0.3) is 11.0 Å². The van der Waals surface area contributed by atoms with Crippen LogP contribution in [0.5, 0.6) is 0 Å². The van der Waals surface area contributed by atoms with Crippen LogP contribution in [0.2, 0.25) is 0 Å². The lowest BCUT2D eigenvalue weighted by Crippen LogP contribution is -2.33. The smallest absolute Gasteiger partial charge is 0.256 e. The van der Waals surface area contributed by atoms with Crippen molar-refractivity contribution in [3.63, 3.8) is 0 Å². The topological polar surface area (TPSA) is 63.9 Å². The highest BCUT2D eigenvalue weighted by atomic mass is 16.2. The number of benzene rings is 2. The Labute approximate surface area is 198 Å². The van der Waals surface area contributed by atoms with Crippen molar-refractivity contribution < 1.29 is 4.79 Å². The Morgan fingerprint density at radius 2 is 1.59 bits per heavy atom. The predicted molar refractivity (Wildman–Crippen MR) is 132 cm³/mol. The number of fused-ring (bicyclic) bond motifs is 1. The van der Waals surface area contributed by atoms with Crippen molar-refractivity contribution in [3.05, 3.63) is 126 Å². The van der Waals surface area contributed by atoms with Crippen LogP contribution in [0, 0.1) is 0 Å². The van der Waals surface area contributed by atoms with Crippen molar-refractivity contribution >= 4 is 16.9 Å². The number of aromatic nitrogens is 4. The van der Waals surface area contributed by atoms with Gasteiger partial charge in [0.15, 0.2) is 5.65 Å². The van der Waals surface area contributed by atoms with Crippen LogP contribution < -0.4 is 0 Å². The van der Waals surface area contributed by atoms with E-state index in [1.807, 2.05) is 89.3 Å². The summed E-state index contributed by atoms with van der Waals surface area (Å²) in [5.41, 5.74) is 4.34. The summed E-state index contributed by atoms with van der Waals surface area (Å²) in [4.78, 5) is 24.7. The van der Waals surface area contributed by atoms with Gasteiger partial charge in [0.05, 0.1) is 30.0 Å². The molecule has 1 atom stereocenters. The third-order valence-corrected chi connectivity index (χ3v) is 5.94. The summed E-state index contributed by atoms with van der Waals surface area (Å²) in [6, 6.07) is 27.6. The van der Waals surface area contributed by atoms with Crippen molar-refractivity contribution in [2.45, 2.75) is 26.1 Å². The van der Waals surface area contributed by atoms with Crippen LogP contribution in [0.3, 0.4) is 0 Å². The maximum Gasteiger partial charge on any atom is 0.256 e. The van der Waals surface area contributed by atoms with E-state index in [0.717, 1.165) is 27.9 Å². The summed E-state index contributed by atoms with van der Waals surface area (Å²) < 4.78 is 1.86. The molecule has 5 aromatic rings. The van der Waals surface area contributed by atoms with E-state index in [2.05, 4.69) is 27.2 Å². The molecule has 34 heavy (non-hydrogen) atoms. The number of rotatable bonds is 7. The van der Waals surface area contributed by atoms with Gasteiger partial charge in [-0.25, -0.2) is 9.67 Å². The van der Waals surface area contributed by atoms with E-state index in [9.17, 15) is 4.79 Å².